The highest BCUT2D eigenvalue weighted by molar-refractivity contribution is 5.81. The van der Waals surface area contributed by atoms with Crippen LogP contribution in [-0.2, 0) is 6.54 Å². The highest BCUT2D eigenvalue weighted by Gasteiger charge is 2.09. The zero-order valence-electron chi connectivity index (χ0n) is 12.6. The molecule has 5 heterocycles. The van der Waals surface area contributed by atoms with Gasteiger partial charge in [-0.3, -0.25) is 0 Å². The van der Waals surface area contributed by atoms with Crippen LogP contribution in [0, 0.1) is 0 Å². The van der Waals surface area contributed by atoms with Gasteiger partial charge in [0.1, 0.15) is 17.0 Å². The molecule has 116 valence electrons. The first-order valence-electron chi connectivity index (χ1n) is 7.62. The van der Waals surface area contributed by atoms with Gasteiger partial charge in [-0.15, -0.1) is 5.10 Å². The van der Waals surface area contributed by atoms with Crippen LogP contribution in [-0.4, -0.2) is 34.9 Å². The van der Waals surface area contributed by atoms with Gasteiger partial charge in [0.05, 0.1) is 18.4 Å². The van der Waals surface area contributed by atoms with E-state index in [9.17, 15) is 0 Å². The van der Waals surface area contributed by atoms with Crippen molar-refractivity contribution in [3.05, 3.63) is 60.7 Å². The van der Waals surface area contributed by atoms with Crippen molar-refractivity contribution in [2.75, 3.05) is 0 Å². The number of aromatic amines is 2. The topological polar surface area (TPSA) is 88.1 Å². The molecule has 24 heavy (non-hydrogen) atoms. The minimum absolute atomic E-state index is 0.613. The summed E-state index contributed by atoms with van der Waals surface area (Å²) in [6.45, 7) is 0.613. The lowest BCUT2D eigenvalue weighted by molar-refractivity contribution is 0.641. The molecular weight excluding hydrogens is 302 g/mol. The van der Waals surface area contributed by atoms with E-state index < -0.39 is 0 Å². The lowest BCUT2D eigenvalue weighted by Crippen LogP contribution is -2.00. The van der Waals surface area contributed by atoms with Gasteiger partial charge in [0.2, 0.25) is 0 Å². The predicted molar refractivity (Wildman–Crippen MR) is 90.3 cm³/mol. The van der Waals surface area contributed by atoms with Gasteiger partial charge in [0.25, 0.3) is 0 Å². The molecule has 5 aromatic heterocycles. The van der Waals surface area contributed by atoms with E-state index in [1.54, 1.807) is 17.1 Å². The molecule has 0 atom stereocenters. The first-order valence-corrected chi connectivity index (χ1v) is 7.62. The van der Waals surface area contributed by atoms with E-state index in [4.69, 9.17) is 0 Å². The van der Waals surface area contributed by atoms with E-state index in [0.717, 1.165) is 39.1 Å². The van der Waals surface area contributed by atoms with E-state index in [2.05, 4.69) is 36.3 Å². The maximum absolute atomic E-state index is 4.31. The minimum Gasteiger partial charge on any atom is -0.342 e. The lowest BCUT2D eigenvalue weighted by Gasteiger charge is -1.95. The molecule has 0 unspecified atom stereocenters. The molecule has 0 aliphatic heterocycles. The molecule has 0 aliphatic rings. The Morgan fingerprint density at radius 2 is 1.67 bits per heavy atom. The Morgan fingerprint density at radius 1 is 0.917 bits per heavy atom. The Balaban J connectivity index is 1.46. The fourth-order valence-corrected chi connectivity index (χ4v) is 2.87. The quantitative estimate of drug-likeness (QED) is 0.536. The highest BCUT2D eigenvalue weighted by Crippen LogP contribution is 2.21. The van der Waals surface area contributed by atoms with Gasteiger partial charge in [-0.2, -0.15) is 0 Å². The molecule has 0 bridgehead atoms. The number of nitrogens with zero attached hydrogens (tertiary/aromatic N) is 5. The van der Waals surface area contributed by atoms with E-state index in [1.165, 1.54) is 0 Å². The van der Waals surface area contributed by atoms with Gasteiger partial charge >= 0.3 is 0 Å². The second-order valence-electron chi connectivity index (χ2n) is 5.66. The van der Waals surface area contributed by atoms with E-state index >= 15 is 0 Å². The average molecular weight is 315 g/mol. The van der Waals surface area contributed by atoms with Crippen molar-refractivity contribution in [2.24, 2.45) is 0 Å². The van der Waals surface area contributed by atoms with E-state index in [-0.39, 0.29) is 0 Å². The number of nitrogens with one attached hydrogen (secondary N) is 2. The fraction of sp³-hybridized carbons (Fsp3) is 0.0588. The van der Waals surface area contributed by atoms with Crippen molar-refractivity contribution in [1.82, 2.24) is 34.9 Å². The van der Waals surface area contributed by atoms with Crippen LogP contribution < -0.4 is 0 Å². The Kier molecular flexibility index (Phi) is 2.72. The van der Waals surface area contributed by atoms with Crippen LogP contribution in [0.25, 0.3) is 33.5 Å². The molecule has 0 saturated heterocycles. The number of H-pyrrole nitrogens is 2. The maximum atomic E-state index is 4.31. The summed E-state index contributed by atoms with van der Waals surface area (Å²) in [5.74, 6) is 0. The summed E-state index contributed by atoms with van der Waals surface area (Å²) in [7, 11) is 0. The molecule has 0 saturated carbocycles. The van der Waals surface area contributed by atoms with Crippen LogP contribution in [0.5, 0.6) is 0 Å². The maximum Gasteiger partial charge on any atom is 0.137 e. The van der Waals surface area contributed by atoms with Gasteiger partial charge in [-0.05, 0) is 36.4 Å². The van der Waals surface area contributed by atoms with Gasteiger partial charge in [0.15, 0.2) is 0 Å². The van der Waals surface area contributed by atoms with Crippen molar-refractivity contribution >= 4 is 22.1 Å². The smallest absolute Gasteiger partial charge is 0.137 e. The summed E-state index contributed by atoms with van der Waals surface area (Å²) in [6, 6.07) is 12.0. The molecule has 0 aliphatic carbocycles. The second kappa shape index (κ2) is 5.02. The molecule has 5 aromatic rings. The third kappa shape index (κ3) is 2.14. The monoisotopic (exact) mass is 315 g/mol. The number of pyridine rings is 2. The molecule has 7 heteroatoms. The summed E-state index contributed by atoms with van der Waals surface area (Å²) >= 11 is 0. The fourth-order valence-electron chi connectivity index (χ4n) is 2.87. The third-order valence-electron chi connectivity index (χ3n) is 3.99. The molecule has 0 radical (unpaired) electrons. The van der Waals surface area contributed by atoms with Crippen molar-refractivity contribution in [3.63, 3.8) is 0 Å². The molecule has 0 aromatic carbocycles. The molecule has 5 rings (SSSR count). The Labute approximate surface area is 136 Å². The zero-order valence-corrected chi connectivity index (χ0v) is 12.6. The van der Waals surface area contributed by atoms with Crippen LogP contribution in [0.15, 0.2) is 55.0 Å². The van der Waals surface area contributed by atoms with E-state index in [0.29, 0.717) is 6.54 Å². The summed E-state index contributed by atoms with van der Waals surface area (Å²) in [4.78, 5) is 15.2. The van der Waals surface area contributed by atoms with Crippen LogP contribution >= 0.6 is 0 Å². The summed E-state index contributed by atoms with van der Waals surface area (Å²) < 4.78 is 1.80. The van der Waals surface area contributed by atoms with E-state index in [1.807, 2.05) is 36.5 Å². The lowest BCUT2D eigenvalue weighted by atomic mass is 10.3. The summed E-state index contributed by atoms with van der Waals surface area (Å²) in [5.41, 5.74) is 4.48. The van der Waals surface area contributed by atoms with Gasteiger partial charge in [-0.1, -0.05) is 5.21 Å². The Bertz CT molecular complexity index is 1080. The number of hydrogen-bond acceptors (Lipinski definition) is 4. The first kappa shape index (κ1) is 13.0. The predicted octanol–water partition coefficient (Wildman–Crippen LogP) is 2.75. The van der Waals surface area contributed by atoms with Crippen LogP contribution in [0.3, 0.4) is 0 Å². The SMILES string of the molecule is c1cnc2[nH]c(Cn3cc(-c4cc5cccnc5[nH]4)nn3)cc2c1. The Morgan fingerprint density at radius 3 is 2.42 bits per heavy atom. The van der Waals surface area contributed by atoms with Gasteiger partial charge < -0.3 is 9.97 Å². The molecule has 0 amide bonds. The normalized spacial score (nSPS) is 11.5. The number of hydrogen-bond donors (Lipinski definition) is 2. The van der Waals surface area contributed by atoms with Gasteiger partial charge in [-0.25, -0.2) is 14.6 Å². The molecule has 0 fully saturated rings. The molecule has 7 nitrogen and oxygen atoms in total. The molecule has 2 N–H and O–H groups in total. The average Bonchev–Trinajstić information content (AvgIpc) is 3.31. The summed E-state index contributed by atoms with van der Waals surface area (Å²) in [6.07, 6.45) is 5.47. The summed E-state index contributed by atoms with van der Waals surface area (Å²) in [5, 5.41) is 10.6. The second-order valence-corrected chi connectivity index (χ2v) is 5.66. The molecule has 0 spiro atoms. The molecular formula is C17H13N7. The third-order valence-corrected chi connectivity index (χ3v) is 3.99. The van der Waals surface area contributed by atoms with Crippen LogP contribution in [0.2, 0.25) is 0 Å². The van der Waals surface area contributed by atoms with Crippen molar-refractivity contribution in [2.45, 2.75) is 6.54 Å². The standard InChI is InChI=1S/C17H13N7/c1-3-11-7-13(20-16(11)18-5-1)9-24-10-15(22-23-24)14-8-12-4-2-6-19-17(12)21-14/h1-8,10H,9H2,(H,18,20)(H,19,21). The highest BCUT2D eigenvalue weighted by atomic mass is 15.4. The first-order chi connectivity index (χ1) is 11.8. The largest absolute Gasteiger partial charge is 0.342 e. The van der Waals surface area contributed by atoms with Crippen molar-refractivity contribution in [3.8, 4) is 11.4 Å². The van der Waals surface area contributed by atoms with Crippen molar-refractivity contribution in [1.29, 1.82) is 0 Å². The number of rotatable bonds is 3. The van der Waals surface area contributed by atoms with Gasteiger partial charge in [0, 0.05) is 28.9 Å². The number of aromatic nitrogens is 7. The number of fused-ring (bicyclic) bond motifs is 2. The zero-order chi connectivity index (χ0) is 15.9. The van der Waals surface area contributed by atoms with Crippen LogP contribution in [0.1, 0.15) is 5.69 Å². The van der Waals surface area contributed by atoms with Crippen LogP contribution in [0.4, 0.5) is 0 Å². The Hall–Kier alpha value is -3.48. The minimum atomic E-state index is 0.613. The van der Waals surface area contributed by atoms with Crippen molar-refractivity contribution < 1.29 is 0 Å².